The van der Waals surface area contributed by atoms with Crippen LogP contribution in [0.4, 0.5) is 0 Å². The second kappa shape index (κ2) is 6.76. The van der Waals surface area contributed by atoms with Crippen LogP contribution in [0.5, 0.6) is 0 Å². The highest BCUT2D eigenvalue weighted by Gasteiger charge is 2.06. The summed E-state index contributed by atoms with van der Waals surface area (Å²) in [6.45, 7) is 2.52. The summed E-state index contributed by atoms with van der Waals surface area (Å²) in [5.74, 6) is -0.673. The van der Waals surface area contributed by atoms with Crippen molar-refractivity contribution in [3.8, 4) is 0 Å². The molecule has 5 nitrogen and oxygen atoms in total. The number of methoxy groups -OCH3 is 1. The number of primary amides is 1. The van der Waals surface area contributed by atoms with Crippen molar-refractivity contribution in [1.29, 1.82) is 0 Å². The second-order valence-electron chi connectivity index (χ2n) is 4.14. The Balaban J connectivity index is 2.49. The molecule has 0 saturated heterocycles. The van der Waals surface area contributed by atoms with Crippen molar-refractivity contribution < 1.29 is 14.3 Å². The fourth-order valence-electron chi connectivity index (χ4n) is 1.54. The van der Waals surface area contributed by atoms with Crippen LogP contribution in [0.15, 0.2) is 24.3 Å². The lowest BCUT2D eigenvalue weighted by atomic mass is 10.1. The van der Waals surface area contributed by atoms with E-state index in [1.807, 2.05) is 19.1 Å². The van der Waals surface area contributed by atoms with Crippen molar-refractivity contribution in [2.24, 2.45) is 5.73 Å². The van der Waals surface area contributed by atoms with Crippen LogP contribution < -0.4 is 11.1 Å². The first-order valence-corrected chi connectivity index (χ1v) is 5.72. The van der Waals surface area contributed by atoms with Gasteiger partial charge in [0.05, 0.1) is 12.7 Å². The van der Waals surface area contributed by atoms with Crippen LogP contribution in [-0.2, 0) is 16.1 Å². The highest BCUT2D eigenvalue weighted by Crippen LogP contribution is 2.06. The van der Waals surface area contributed by atoms with Gasteiger partial charge in [-0.25, -0.2) is 4.79 Å². The maximum absolute atomic E-state index is 11.2. The van der Waals surface area contributed by atoms with Gasteiger partial charge < -0.3 is 15.8 Å². The van der Waals surface area contributed by atoms with Crippen LogP contribution in [-0.4, -0.2) is 25.0 Å². The molecule has 5 heteroatoms. The average molecular weight is 250 g/mol. The minimum absolute atomic E-state index is 0.0304. The third-order valence-corrected chi connectivity index (χ3v) is 2.54. The molecule has 0 aliphatic carbocycles. The molecule has 18 heavy (non-hydrogen) atoms. The van der Waals surface area contributed by atoms with Crippen LogP contribution in [0.1, 0.15) is 29.3 Å². The molecule has 0 bridgehead atoms. The molecule has 0 radical (unpaired) electrons. The summed E-state index contributed by atoms with van der Waals surface area (Å²) < 4.78 is 4.61. The van der Waals surface area contributed by atoms with E-state index < -0.39 is 0 Å². The second-order valence-corrected chi connectivity index (χ2v) is 4.14. The van der Waals surface area contributed by atoms with Gasteiger partial charge >= 0.3 is 5.97 Å². The van der Waals surface area contributed by atoms with E-state index in [1.165, 1.54) is 7.11 Å². The minimum atomic E-state index is -0.350. The van der Waals surface area contributed by atoms with Gasteiger partial charge in [0.2, 0.25) is 5.91 Å². The standard InChI is InChI=1S/C13H18N2O3/c1-9(7-12(14)16)15-8-10-3-5-11(6-4-10)13(17)18-2/h3-6,9,15H,7-8H2,1-2H3,(H2,14,16). The Labute approximate surface area is 106 Å². The molecule has 0 heterocycles. The number of esters is 1. The number of benzene rings is 1. The molecule has 0 aliphatic rings. The van der Waals surface area contributed by atoms with Gasteiger partial charge in [-0.05, 0) is 24.6 Å². The topological polar surface area (TPSA) is 81.4 Å². The van der Waals surface area contributed by atoms with Gasteiger partial charge in [-0.1, -0.05) is 12.1 Å². The van der Waals surface area contributed by atoms with Crippen LogP contribution >= 0.6 is 0 Å². The van der Waals surface area contributed by atoms with E-state index in [-0.39, 0.29) is 17.9 Å². The summed E-state index contributed by atoms with van der Waals surface area (Å²) in [6.07, 6.45) is 0.306. The van der Waals surface area contributed by atoms with Crippen molar-refractivity contribution in [2.75, 3.05) is 7.11 Å². The maximum atomic E-state index is 11.2. The number of nitrogens with two attached hydrogens (primary N) is 1. The molecule has 0 aromatic heterocycles. The zero-order valence-electron chi connectivity index (χ0n) is 10.6. The van der Waals surface area contributed by atoms with Gasteiger partial charge in [0.25, 0.3) is 0 Å². The molecule has 1 aromatic rings. The normalized spacial score (nSPS) is 11.9. The first-order valence-electron chi connectivity index (χ1n) is 5.72. The Morgan fingerprint density at radius 3 is 2.44 bits per heavy atom. The molecule has 1 aromatic carbocycles. The van der Waals surface area contributed by atoms with Gasteiger partial charge in [0.1, 0.15) is 0 Å². The summed E-state index contributed by atoms with van der Waals surface area (Å²) >= 11 is 0. The Bertz CT molecular complexity index is 415. The summed E-state index contributed by atoms with van der Waals surface area (Å²) in [4.78, 5) is 21.9. The van der Waals surface area contributed by atoms with Gasteiger partial charge in [-0.2, -0.15) is 0 Å². The predicted molar refractivity (Wildman–Crippen MR) is 67.9 cm³/mol. The highest BCUT2D eigenvalue weighted by atomic mass is 16.5. The van der Waals surface area contributed by atoms with E-state index in [1.54, 1.807) is 12.1 Å². The maximum Gasteiger partial charge on any atom is 0.337 e. The number of ether oxygens (including phenoxy) is 1. The molecule has 1 atom stereocenters. The largest absolute Gasteiger partial charge is 0.465 e. The molecular weight excluding hydrogens is 232 g/mol. The van der Waals surface area contributed by atoms with Gasteiger partial charge in [-0.15, -0.1) is 0 Å². The van der Waals surface area contributed by atoms with Crippen molar-refractivity contribution in [1.82, 2.24) is 5.32 Å². The lowest BCUT2D eigenvalue weighted by molar-refractivity contribution is -0.118. The van der Waals surface area contributed by atoms with Crippen molar-refractivity contribution in [3.63, 3.8) is 0 Å². The molecule has 1 amide bonds. The summed E-state index contributed by atoms with van der Waals surface area (Å²) in [6, 6.07) is 7.14. The zero-order chi connectivity index (χ0) is 13.5. The molecule has 3 N–H and O–H groups in total. The average Bonchev–Trinajstić information content (AvgIpc) is 2.35. The van der Waals surface area contributed by atoms with Crippen LogP contribution in [0, 0.1) is 0 Å². The van der Waals surface area contributed by atoms with Crippen molar-refractivity contribution in [2.45, 2.75) is 25.9 Å². The first-order chi connectivity index (χ1) is 8.52. The van der Waals surface area contributed by atoms with Crippen LogP contribution in [0.25, 0.3) is 0 Å². The van der Waals surface area contributed by atoms with E-state index in [0.29, 0.717) is 18.5 Å². The SMILES string of the molecule is COC(=O)c1ccc(CNC(C)CC(N)=O)cc1. The van der Waals surface area contributed by atoms with Crippen molar-refractivity contribution in [3.05, 3.63) is 35.4 Å². The highest BCUT2D eigenvalue weighted by molar-refractivity contribution is 5.89. The smallest absolute Gasteiger partial charge is 0.337 e. The summed E-state index contributed by atoms with van der Waals surface area (Å²) in [7, 11) is 1.35. The molecular formula is C13H18N2O3. The quantitative estimate of drug-likeness (QED) is 0.733. The number of hydrogen-bond acceptors (Lipinski definition) is 4. The van der Waals surface area contributed by atoms with Gasteiger partial charge in [0, 0.05) is 19.0 Å². The number of hydrogen-bond donors (Lipinski definition) is 2. The Morgan fingerprint density at radius 1 is 1.33 bits per heavy atom. The fourth-order valence-corrected chi connectivity index (χ4v) is 1.54. The molecule has 1 rings (SSSR count). The molecule has 0 aliphatic heterocycles. The molecule has 98 valence electrons. The van der Waals surface area contributed by atoms with Crippen LogP contribution in [0.2, 0.25) is 0 Å². The van der Waals surface area contributed by atoms with Crippen LogP contribution in [0.3, 0.4) is 0 Å². The van der Waals surface area contributed by atoms with Crippen molar-refractivity contribution >= 4 is 11.9 Å². The van der Waals surface area contributed by atoms with E-state index in [4.69, 9.17) is 5.73 Å². The monoisotopic (exact) mass is 250 g/mol. The molecule has 0 spiro atoms. The molecule has 1 unspecified atom stereocenters. The number of amides is 1. The summed E-state index contributed by atoms with van der Waals surface area (Å²) in [5, 5.41) is 3.18. The lowest BCUT2D eigenvalue weighted by Crippen LogP contribution is -2.30. The Hall–Kier alpha value is -1.88. The summed E-state index contributed by atoms with van der Waals surface area (Å²) in [5.41, 5.74) is 6.65. The van der Waals surface area contributed by atoms with E-state index >= 15 is 0 Å². The third-order valence-electron chi connectivity index (χ3n) is 2.54. The number of carbonyl (C=O) groups is 2. The predicted octanol–water partition coefficient (Wildman–Crippen LogP) is 0.827. The zero-order valence-corrected chi connectivity index (χ0v) is 10.6. The van der Waals surface area contributed by atoms with Gasteiger partial charge in [-0.3, -0.25) is 4.79 Å². The molecule has 0 fully saturated rings. The van der Waals surface area contributed by atoms with E-state index in [9.17, 15) is 9.59 Å². The lowest BCUT2D eigenvalue weighted by Gasteiger charge is -2.11. The van der Waals surface area contributed by atoms with E-state index in [2.05, 4.69) is 10.1 Å². The first kappa shape index (κ1) is 14.2. The molecule has 0 saturated carbocycles. The number of rotatable bonds is 6. The number of nitrogens with one attached hydrogen (secondary N) is 1. The minimum Gasteiger partial charge on any atom is -0.465 e. The third kappa shape index (κ3) is 4.55. The Kier molecular flexibility index (Phi) is 5.32. The van der Waals surface area contributed by atoms with E-state index in [0.717, 1.165) is 5.56 Å². The number of carbonyl (C=O) groups excluding carboxylic acids is 2. The van der Waals surface area contributed by atoms with Gasteiger partial charge in [0.15, 0.2) is 0 Å². The Morgan fingerprint density at radius 2 is 1.94 bits per heavy atom. The fraction of sp³-hybridized carbons (Fsp3) is 0.385.